The number of nitrogens with zero attached hydrogens (tertiary/aromatic N) is 2. The number of aliphatic imine (C=N–C) groups is 1. The van der Waals surface area contributed by atoms with Crippen LogP contribution in [-0.2, 0) is 17.5 Å². The molecule has 152 valence electrons. The average molecular weight is 386 g/mol. The summed E-state index contributed by atoms with van der Waals surface area (Å²) in [6, 6.07) is 5.29. The molecule has 0 bridgehead atoms. The molecule has 0 atom stereocenters. The van der Waals surface area contributed by atoms with Gasteiger partial charge in [0.05, 0.1) is 12.1 Å². The first-order valence-electron chi connectivity index (χ1n) is 9.20. The third-order valence-electron chi connectivity index (χ3n) is 4.98. The number of rotatable bonds is 6. The highest BCUT2D eigenvalue weighted by Gasteiger charge is 2.35. The van der Waals surface area contributed by atoms with Crippen LogP contribution in [0.3, 0.4) is 0 Å². The summed E-state index contributed by atoms with van der Waals surface area (Å²) in [5.41, 5.74) is -0.151. The maximum atomic E-state index is 12.9. The van der Waals surface area contributed by atoms with E-state index in [1.807, 2.05) is 6.92 Å². The zero-order chi connectivity index (χ0) is 19.9. The van der Waals surface area contributed by atoms with Crippen LogP contribution in [0.5, 0.6) is 0 Å². The van der Waals surface area contributed by atoms with Crippen molar-refractivity contribution in [2.45, 2.75) is 38.0 Å². The van der Waals surface area contributed by atoms with Crippen LogP contribution in [0.4, 0.5) is 13.2 Å². The van der Waals surface area contributed by atoms with E-state index in [0.29, 0.717) is 24.6 Å². The van der Waals surface area contributed by atoms with Crippen molar-refractivity contribution in [3.05, 3.63) is 35.4 Å². The smallest absolute Gasteiger partial charge is 0.381 e. The van der Waals surface area contributed by atoms with Crippen LogP contribution in [0, 0.1) is 0 Å². The van der Waals surface area contributed by atoms with E-state index in [-0.39, 0.29) is 12.1 Å². The van der Waals surface area contributed by atoms with Crippen molar-refractivity contribution in [2.75, 3.05) is 40.4 Å². The second-order valence-electron chi connectivity index (χ2n) is 6.98. The minimum Gasteiger partial charge on any atom is -0.381 e. The molecule has 0 unspecified atom stereocenters. The van der Waals surface area contributed by atoms with Gasteiger partial charge in [-0.25, -0.2) is 4.99 Å². The Morgan fingerprint density at radius 2 is 1.93 bits per heavy atom. The van der Waals surface area contributed by atoms with Crippen LogP contribution < -0.4 is 10.6 Å². The summed E-state index contributed by atoms with van der Waals surface area (Å²) in [5.74, 6) is 0.600. The third kappa shape index (κ3) is 6.10. The summed E-state index contributed by atoms with van der Waals surface area (Å²) in [4.78, 5) is 6.67. The Bertz CT molecular complexity index is 626. The van der Waals surface area contributed by atoms with Gasteiger partial charge in [-0.3, -0.25) is 0 Å². The van der Waals surface area contributed by atoms with E-state index >= 15 is 0 Å². The Balaban J connectivity index is 2.06. The Hall–Kier alpha value is -1.80. The van der Waals surface area contributed by atoms with Gasteiger partial charge in [0.1, 0.15) is 0 Å². The maximum Gasteiger partial charge on any atom is 0.416 e. The van der Waals surface area contributed by atoms with Gasteiger partial charge in [0.2, 0.25) is 0 Å². The van der Waals surface area contributed by atoms with Crippen molar-refractivity contribution >= 4 is 5.96 Å². The van der Waals surface area contributed by atoms with Crippen LogP contribution in [0.15, 0.2) is 29.3 Å². The molecular weight excluding hydrogens is 357 g/mol. The quantitative estimate of drug-likeness (QED) is 0.583. The molecule has 1 aliphatic heterocycles. The molecule has 1 aliphatic rings. The van der Waals surface area contributed by atoms with E-state index in [2.05, 4.69) is 34.6 Å². The monoisotopic (exact) mass is 386 g/mol. The molecule has 0 amide bonds. The van der Waals surface area contributed by atoms with E-state index in [9.17, 15) is 13.2 Å². The normalized spacial score (nSPS) is 17.8. The van der Waals surface area contributed by atoms with E-state index < -0.39 is 11.7 Å². The third-order valence-corrected chi connectivity index (χ3v) is 4.98. The number of ether oxygens (including phenoxy) is 1. The van der Waals surface area contributed by atoms with Gasteiger partial charge < -0.3 is 20.3 Å². The molecule has 2 rings (SSSR count). The highest BCUT2D eigenvalue weighted by molar-refractivity contribution is 5.79. The molecule has 1 fully saturated rings. The second kappa shape index (κ2) is 9.41. The summed E-state index contributed by atoms with van der Waals surface area (Å²) in [5, 5.41) is 6.51. The van der Waals surface area contributed by atoms with Crippen molar-refractivity contribution in [1.82, 2.24) is 15.5 Å². The first-order chi connectivity index (χ1) is 12.8. The molecule has 0 saturated carbocycles. The van der Waals surface area contributed by atoms with Crippen molar-refractivity contribution in [3.8, 4) is 0 Å². The molecule has 1 heterocycles. The fraction of sp³-hybridized carbons (Fsp3) is 0.632. The number of benzene rings is 1. The number of likely N-dealkylation sites (N-methyl/N-ethyl adjacent to an activating group) is 1. The molecule has 1 aromatic rings. The van der Waals surface area contributed by atoms with Gasteiger partial charge in [-0.1, -0.05) is 12.1 Å². The number of alkyl halides is 3. The van der Waals surface area contributed by atoms with Gasteiger partial charge in [0.25, 0.3) is 0 Å². The fourth-order valence-electron chi connectivity index (χ4n) is 3.14. The summed E-state index contributed by atoms with van der Waals surface area (Å²) in [7, 11) is 4.11. The number of nitrogens with one attached hydrogen (secondary N) is 2. The first-order valence-corrected chi connectivity index (χ1v) is 9.20. The topological polar surface area (TPSA) is 48.9 Å². The summed E-state index contributed by atoms with van der Waals surface area (Å²) in [6.07, 6.45) is -2.51. The average Bonchev–Trinajstić information content (AvgIpc) is 2.64. The Kier molecular flexibility index (Phi) is 7.49. The molecule has 0 radical (unpaired) electrons. The van der Waals surface area contributed by atoms with E-state index in [0.717, 1.165) is 38.2 Å². The second-order valence-corrected chi connectivity index (χ2v) is 6.98. The summed E-state index contributed by atoms with van der Waals surface area (Å²) >= 11 is 0. The fourth-order valence-corrected chi connectivity index (χ4v) is 3.14. The van der Waals surface area contributed by atoms with Crippen molar-refractivity contribution in [2.24, 2.45) is 4.99 Å². The molecule has 1 aromatic carbocycles. The SMILES string of the molecule is CCNC(=NCc1cccc(C(F)(F)F)c1)NCC1(N(C)C)CCOCC1. The molecule has 0 aromatic heterocycles. The van der Waals surface area contributed by atoms with Crippen LogP contribution in [0.25, 0.3) is 0 Å². The molecule has 8 heteroatoms. The summed E-state index contributed by atoms with van der Waals surface area (Å²) in [6.45, 7) is 4.94. The van der Waals surface area contributed by atoms with E-state index in [1.165, 1.54) is 6.07 Å². The van der Waals surface area contributed by atoms with Crippen LogP contribution in [0.2, 0.25) is 0 Å². The first kappa shape index (κ1) is 21.5. The Morgan fingerprint density at radius 1 is 1.22 bits per heavy atom. The zero-order valence-corrected chi connectivity index (χ0v) is 16.2. The van der Waals surface area contributed by atoms with Crippen molar-refractivity contribution in [1.29, 1.82) is 0 Å². The molecule has 27 heavy (non-hydrogen) atoms. The highest BCUT2D eigenvalue weighted by atomic mass is 19.4. The largest absolute Gasteiger partial charge is 0.416 e. The lowest BCUT2D eigenvalue weighted by Crippen LogP contribution is -2.57. The number of guanidine groups is 1. The Labute approximate surface area is 159 Å². The molecule has 0 aliphatic carbocycles. The van der Waals surface area contributed by atoms with Crippen LogP contribution >= 0.6 is 0 Å². The predicted octanol–water partition coefficient (Wildman–Crippen LogP) is 2.87. The number of hydrogen-bond donors (Lipinski definition) is 2. The van der Waals surface area contributed by atoms with E-state index in [1.54, 1.807) is 6.07 Å². The molecule has 1 saturated heterocycles. The van der Waals surface area contributed by atoms with Crippen LogP contribution in [0.1, 0.15) is 30.9 Å². The molecule has 5 nitrogen and oxygen atoms in total. The van der Waals surface area contributed by atoms with Crippen molar-refractivity contribution in [3.63, 3.8) is 0 Å². The number of halogens is 3. The molecule has 2 N–H and O–H groups in total. The number of hydrogen-bond acceptors (Lipinski definition) is 3. The van der Waals surface area contributed by atoms with E-state index in [4.69, 9.17) is 4.74 Å². The predicted molar refractivity (Wildman–Crippen MR) is 101 cm³/mol. The van der Waals surface area contributed by atoms with Gasteiger partial charge in [0.15, 0.2) is 5.96 Å². The molecule has 0 spiro atoms. The van der Waals surface area contributed by atoms with Crippen molar-refractivity contribution < 1.29 is 17.9 Å². The van der Waals surface area contributed by atoms with Gasteiger partial charge in [-0.15, -0.1) is 0 Å². The van der Waals surface area contributed by atoms with Gasteiger partial charge in [-0.05, 0) is 51.6 Å². The minimum absolute atomic E-state index is 0.0232. The Morgan fingerprint density at radius 3 is 2.52 bits per heavy atom. The highest BCUT2D eigenvalue weighted by Crippen LogP contribution is 2.29. The zero-order valence-electron chi connectivity index (χ0n) is 16.2. The minimum atomic E-state index is -4.34. The lowest BCUT2D eigenvalue weighted by Gasteiger charge is -2.43. The van der Waals surface area contributed by atoms with Gasteiger partial charge >= 0.3 is 6.18 Å². The lowest BCUT2D eigenvalue weighted by molar-refractivity contribution is -0.137. The van der Waals surface area contributed by atoms with Gasteiger partial charge in [-0.2, -0.15) is 13.2 Å². The van der Waals surface area contributed by atoms with Crippen LogP contribution in [-0.4, -0.2) is 56.8 Å². The lowest BCUT2D eigenvalue weighted by atomic mass is 9.88. The molecular formula is C19H29F3N4O. The van der Waals surface area contributed by atoms with Gasteiger partial charge in [0, 0.05) is 31.8 Å². The standard InChI is InChI=1S/C19H29F3N4O/c1-4-23-17(25-14-18(26(2)3)8-10-27-11-9-18)24-13-15-6-5-7-16(12-15)19(20,21)22/h5-7,12H,4,8-11,13-14H2,1-3H3,(H2,23,24,25). The summed E-state index contributed by atoms with van der Waals surface area (Å²) < 4.78 is 44.1. The maximum absolute atomic E-state index is 12.9.